The highest BCUT2D eigenvalue weighted by Gasteiger charge is 2.37. The van der Waals surface area contributed by atoms with E-state index >= 15 is 0 Å². The summed E-state index contributed by atoms with van der Waals surface area (Å²) >= 11 is 0. The number of nitrogens with one attached hydrogen (secondary N) is 2. The lowest BCUT2D eigenvalue weighted by Gasteiger charge is -2.28. The van der Waals surface area contributed by atoms with Crippen LogP contribution in [0.15, 0.2) is 12.1 Å². The molecule has 0 spiro atoms. The Bertz CT molecular complexity index is 641. The summed E-state index contributed by atoms with van der Waals surface area (Å²) < 4.78 is 39.8. The first-order valence-corrected chi connectivity index (χ1v) is 7.99. The normalized spacial score (nSPS) is 15.9. The molecule has 1 aliphatic rings. The fourth-order valence-corrected chi connectivity index (χ4v) is 2.62. The van der Waals surface area contributed by atoms with Crippen molar-refractivity contribution in [3.8, 4) is 0 Å². The molecule has 1 aromatic rings. The van der Waals surface area contributed by atoms with E-state index in [1.54, 1.807) is 0 Å². The zero-order valence-electron chi connectivity index (χ0n) is 13.7. The van der Waals surface area contributed by atoms with Crippen LogP contribution in [0.4, 0.5) is 18.9 Å². The van der Waals surface area contributed by atoms with Crippen LogP contribution in [-0.2, 0) is 9.59 Å². The molecule has 0 bridgehead atoms. The van der Waals surface area contributed by atoms with Crippen LogP contribution in [0.3, 0.4) is 0 Å². The Morgan fingerprint density at radius 2 is 1.62 bits per heavy atom. The van der Waals surface area contributed by atoms with Gasteiger partial charge in [-0.25, -0.2) is 13.2 Å². The van der Waals surface area contributed by atoms with Gasteiger partial charge < -0.3 is 10.6 Å². The van der Waals surface area contributed by atoms with Crippen LogP contribution in [0.2, 0.25) is 0 Å². The Morgan fingerprint density at radius 1 is 1.00 bits per heavy atom. The molecule has 1 aromatic carbocycles. The average Bonchev–Trinajstić information content (AvgIpc) is 2.56. The zero-order chi connectivity index (χ0) is 17.9. The SMILES string of the molecule is CC(C)(C(=O)Nc1ccc(F)c(F)c1F)C(=O)NC1CCCCC1. The molecule has 0 heterocycles. The lowest BCUT2D eigenvalue weighted by Crippen LogP contribution is -2.49. The molecule has 132 valence electrons. The van der Waals surface area contributed by atoms with Crippen molar-refractivity contribution in [1.29, 1.82) is 0 Å². The molecule has 0 radical (unpaired) electrons. The largest absolute Gasteiger partial charge is 0.352 e. The van der Waals surface area contributed by atoms with Gasteiger partial charge in [-0.2, -0.15) is 0 Å². The monoisotopic (exact) mass is 342 g/mol. The summed E-state index contributed by atoms with van der Waals surface area (Å²) in [6.07, 6.45) is 4.91. The number of hydrogen-bond donors (Lipinski definition) is 2. The van der Waals surface area contributed by atoms with Gasteiger partial charge >= 0.3 is 0 Å². The maximum atomic E-state index is 13.7. The predicted molar refractivity (Wildman–Crippen MR) is 83.7 cm³/mol. The topological polar surface area (TPSA) is 58.2 Å². The van der Waals surface area contributed by atoms with Crippen LogP contribution >= 0.6 is 0 Å². The zero-order valence-corrected chi connectivity index (χ0v) is 13.7. The Balaban J connectivity index is 2.06. The summed E-state index contributed by atoms with van der Waals surface area (Å²) in [6.45, 7) is 2.80. The van der Waals surface area contributed by atoms with E-state index in [2.05, 4.69) is 10.6 Å². The van der Waals surface area contributed by atoms with Gasteiger partial charge in [0, 0.05) is 6.04 Å². The second-order valence-corrected chi connectivity index (χ2v) is 6.61. The molecule has 0 saturated heterocycles. The summed E-state index contributed by atoms with van der Waals surface area (Å²) in [5.74, 6) is -5.78. The minimum Gasteiger partial charge on any atom is -0.352 e. The Morgan fingerprint density at radius 3 is 2.25 bits per heavy atom. The Labute approximate surface area is 138 Å². The fourth-order valence-electron chi connectivity index (χ4n) is 2.62. The molecule has 4 nitrogen and oxygen atoms in total. The van der Waals surface area contributed by atoms with Gasteiger partial charge in [0.15, 0.2) is 17.5 Å². The number of amides is 2. The van der Waals surface area contributed by atoms with Crippen molar-refractivity contribution in [1.82, 2.24) is 5.32 Å². The Kier molecular flexibility index (Phi) is 5.51. The number of halogens is 3. The van der Waals surface area contributed by atoms with Crippen LogP contribution in [0.5, 0.6) is 0 Å². The first kappa shape index (κ1) is 18.3. The lowest BCUT2D eigenvalue weighted by molar-refractivity contribution is -0.139. The van der Waals surface area contributed by atoms with Crippen LogP contribution in [0, 0.1) is 22.9 Å². The van der Waals surface area contributed by atoms with Gasteiger partial charge in [0.05, 0.1) is 5.69 Å². The molecule has 0 aliphatic heterocycles. The van der Waals surface area contributed by atoms with Crippen molar-refractivity contribution in [3.05, 3.63) is 29.6 Å². The smallest absolute Gasteiger partial charge is 0.239 e. The second kappa shape index (κ2) is 7.23. The molecule has 1 fully saturated rings. The highest BCUT2D eigenvalue weighted by molar-refractivity contribution is 6.09. The van der Waals surface area contributed by atoms with E-state index in [1.807, 2.05) is 0 Å². The maximum Gasteiger partial charge on any atom is 0.239 e. The van der Waals surface area contributed by atoms with Crippen molar-refractivity contribution in [2.45, 2.75) is 52.0 Å². The van der Waals surface area contributed by atoms with Crippen LogP contribution < -0.4 is 10.6 Å². The van der Waals surface area contributed by atoms with Gasteiger partial charge in [-0.15, -0.1) is 0 Å². The molecular formula is C17H21F3N2O2. The molecule has 7 heteroatoms. The molecular weight excluding hydrogens is 321 g/mol. The van der Waals surface area contributed by atoms with E-state index in [-0.39, 0.29) is 6.04 Å². The molecule has 0 unspecified atom stereocenters. The number of hydrogen-bond acceptors (Lipinski definition) is 2. The highest BCUT2D eigenvalue weighted by atomic mass is 19.2. The van der Waals surface area contributed by atoms with Gasteiger partial charge in [0.1, 0.15) is 5.41 Å². The van der Waals surface area contributed by atoms with E-state index < -0.39 is 40.4 Å². The number of anilines is 1. The van der Waals surface area contributed by atoms with Gasteiger partial charge in [0.25, 0.3) is 0 Å². The summed E-state index contributed by atoms with van der Waals surface area (Å²) in [4.78, 5) is 24.7. The number of carbonyl (C=O) groups excluding carboxylic acids is 2. The molecule has 2 rings (SSSR count). The number of rotatable bonds is 4. The van der Waals surface area contributed by atoms with E-state index in [9.17, 15) is 22.8 Å². The molecule has 24 heavy (non-hydrogen) atoms. The Hall–Kier alpha value is -2.05. The summed E-state index contributed by atoms with van der Waals surface area (Å²) in [5, 5.41) is 4.99. The van der Waals surface area contributed by atoms with Crippen molar-refractivity contribution in [2.75, 3.05) is 5.32 Å². The van der Waals surface area contributed by atoms with E-state index in [0.717, 1.165) is 38.2 Å². The molecule has 2 amide bonds. The van der Waals surface area contributed by atoms with Crippen LogP contribution in [-0.4, -0.2) is 17.9 Å². The van der Waals surface area contributed by atoms with Crippen molar-refractivity contribution < 1.29 is 22.8 Å². The fraction of sp³-hybridized carbons (Fsp3) is 0.529. The van der Waals surface area contributed by atoms with Crippen molar-refractivity contribution >= 4 is 17.5 Å². The molecule has 0 atom stereocenters. The van der Waals surface area contributed by atoms with E-state index in [0.29, 0.717) is 6.07 Å². The molecule has 2 N–H and O–H groups in total. The van der Waals surface area contributed by atoms with Crippen molar-refractivity contribution in [2.24, 2.45) is 5.41 Å². The van der Waals surface area contributed by atoms with Crippen LogP contribution in [0.25, 0.3) is 0 Å². The molecule has 1 aliphatic carbocycles. The van der Waals surface area contributed by atoms with Crippen LogP contribution in [0.1, 0.15) is 46.0 Å². The predicted octanol–water partition coefficient (Wildman–Crippen LogP) is 3.52. The molecule has 0 aromatic heterocycles. The highest BCUT2D eigenvalue weighted by Crippen LogP contribution is 2.25. The van der Waals surface area contributed by atoms with Gasteiger partial charge in [-0.05, 0) is 38.8 Å². The quantitative estimate of drug-likeness (QED) is 0.650. The standard InChI is InChI=1S/C17H21F3N2O2/c1-17(2,15(23)21-10-6-4-3-5-7-10)16(24)22-12-9-8-11(18)13(19)14(12)20/h8-10H,3-7H2,1-2H3,(H,21,23)(H,22,24). The second-order valence-electron chi connectivity index (χ2n) is 6.61. The van der Waals surface area contributed by atoms with Gasteiger partial charge in [0.2, 0.25) is 11.8 Å². The summed E-state index contributed by atoms with van der Waals surface area (Å²) in [7, 11) is 0. The first-order valence-electron chi connectivity index (χ1n) is 7.99. The third-order valence-corrected chi connectivity index (χ3v) is 4.36. The van der Waals surface area contributed by atoms with Gasteiger partial charge in [-0.3, -0.25) is 9.59 Å². The van der Waals surface area contributed by atoms with E-state index in [1.165, 1.54) is 13.8 Å². The minimum atomic E-state index is -1.67. The third kappa shape index (κ3) is 3.88. The van der Waals surface area contributed by atoms with Crippen molar-refractivity contribution in [3.63, 3.8) is 0 Å². The first-order chi connectivity index (χ1) is 11.2. The lowest BCUT2D eigenvalue weighted by atomic mass is 9.88. The average molecular weight is 342 g/mol. The minimum absolute atomic E-state index is 0.0262. The summed E-state index contributed by atoms with van der Waals surface area (Å²) in [6, 6.07) is 1.66. The summed E-state index contributed by atoms with van der Waals surface area (Å²) in [5.41, 5.74) is -1.98. The number of benzene rings is 1. The van der Waals surface area contributed by atoms with Gasteiger partial charge in [-0.1, -0.05) is 19.3 Å². The molecule has 1 saturated carbocycles. The maximum absolute atomic E-state index is 13.7. The van der Waals surface area contributed by atoms with E-state index in [4.69, 9.17) is 0 Å². The third-order valence-electron chi connectivity index (χ3n) is 4.36. The number of carbonyl (C=O) groups is 2.